The number of benzene rings is 9. The van der Waals surface area contributed by atoms with Crippen LogP contribution in [-0.4, -0.2) is 0 Å². The number of hydrogen-bond acceptors (Lipinski definition) is 4. The molecule has 0 unspecified atom stereocenters. The molecule has 0 radical (unpaired) electrons. The van der Waals surface area contributed by atoms with Gasteiger partial charge in [-0.2, -0.15) is 0 Å². The van der Waals surface area contributed by atoms with Crippen molar-refractivity contribution in [3.05, 3.63) is 192 Å². The summed E-state index contributed by atoms with van der Waals surface area (Å²) in [7, 11) is 0. The number of hydrogen-bond donors (Lipinski definition) is 0. The van der Waals surface area contributed by atoms with Crippen molar-refractivity contribution in [1.29, 1.82) is 0 Å². The molecule has 0 amide bonds. The molecule has 2 aromatic heterocycles. The smallest absolute Gasteiger partial charge is 0.136 e. The van der Waals surface area contributed by atoms with Crippen molar-refractivity contribution in [2.45, 2.75) is 27.7 Å². The van der Waals surface area contributed by atoms with E-state index >= 15 is 0 Å². The van der Waals surface area contributed by atoms with Crippen LogP contribution < -0.4 is 9.80 Å². The normalized spacial score (nSPS) is 11.8. The van der Waals surface area contributed by atoms with Crippen LogP contribution in [0.25, 0.3) is 65.4 Å². The first-order chi connectivity index (χ1) is 28.3. The minimum absolute atomic E-state index is 0.851. The van der Waals surface area contributed by atoms with Crippen LogP contribution in [0, 0.1) is 27.7 Å². The van der Waals surface area contributed by atoms with Crippen LogP contribution in [-0.2, 0) is 0 Å². The van der Waals surface area contributed by atoms with Crippen LogP contribution in [0.2, 0.25) is 0 Å². The zero-order valence-corrected chi connectivity index (χ0v) is 32.9. The van der Waals surface area contributed by atoms with E-state index in [1.54, 1.807) is 0 Å². The molecule has 0 aliphatic heterocycles. The Morgan fingerprint density at radius 1 is 0.293 bits per heavy atom. The van der Waals surface area contributed by atoms with Gasteiger partial charge in [0.2, 0.25) is 0 Å². The third-order valence-corrected chi connectivity index (χ3v) is 11.5. The van der Waals surface area contributed by atoms with Crippen molar-refractivity contribution in [2.75, 3.05) is 9.80 Å². The predicted molar refractivity (Wildman–Crippen MR) is 244 cm³/mol. The molecule has 58 heavy (non-hydrogen) atoms. The highest BCUT2D eigenvalue weighted by Gasteiger charge is 2.20. The second-order valence-corrected chi connectivity index (χ2v) is 15.8. The lowest BCUT2D eigenvalue weighted by Crippen LogP contribution is -2.10. The van der Waals surface area contributed by atoms with Gasteiger partial charge in [-0.15, -0.1) is 0 Å². The molecule has 11 aromatic rings. The van der Waals surface area contributed by atoms with E-state index in [0.717, 1.165) is 99.5 Å². The van der Waals surface area contributed by atoms with Gasteiger partial charge in [0, 0.05) is 55.7 Å². The first-order valence-corrected chi connectivity index (χ1v) is 19.9. The molecule has 0 saturated carbocycles. The summed E-state index contributed by atoms with van der Waals surface area (Å²) in [5, 5.41) is 8.88. The van der Waals surface area contributed by atoms with Crippen LogP contribution >= 0.6 is 0 Å². The summed E-state index contributed by atoms with van der Waals surface area (Å²) in [4.78, 5) is 4.67. The van der Waals surface area contributed by atoms with E-state index in [9.17, 15) is 0 Å². The summed E-state index contributed by atoms with van der Waals surface area (Å²) < 4.78 is 13.3. The Morgan fingerprint density at radius 3 is 0.983 bits per heavy atom. The summed E-state index contributed by atoms with van der Waals surface area (Å²) in [5.74, 6) is 0. The molecule has 0 aliphatic carbocycles. The molecule has 0 spiro atoms. The molecule has 9 aromatic carbocycles. The Hall–Kier alpha value is -7.30. The van der Waals surface area contributed by atoms with Gasteiger partial charge in [-0.25, -0.2) is 0 Å². The van der Waals surface area contributed by atoms with Crippen LogP contribution in [0.3, 0.4) is 0 Å². The molecule has 0 N–H and O–H groups in total. The zero-order valence-electron chi connectivity index (χ0n) is 32.9. The van der Waals surface area contributed by atoms with E-state index in [1.807, 2.05) is 12.1 Å². The summed E-state index contributed by atoms with van der Waals surface area (Å²) in [5.41, 5.74) is 15.0. The van der Waals surface area contributed by atoms with Crippen molar-refractivity contribution in [2.24, 2.45) is 0 Å². The van der Waals surface area contributed by atoms with Crippen LogP contribution in [0.15, 0.2) is 179 Å². The largest absolute Gasteiger partial charge is 0.456 e. The van der Waals surface area contributed by atoms with Crippen molar-refractivity contribution in [1.82, 2.24) is 0 Å². The fraction of sp³-hybridized carbons (Fsp3) is 0.0741. The first kappa shape index (κ1) is 34.0. The van der Waals surface area contributed by atoms with E-state index in [1.165, 1.54) is 22.3 Å². The molecule has 11 rings (SSSR count). The second-order valence-electron chi connectivity index (χ2n) is 15.8. The molecular weight excluding hydrogens is 709 g/mol. The monoisotopic (exact) mass is 748 g/mol. The van der Waals surface area contributed by atoms with Gasteiger partial charge in [-0.3, -0.25) is 0 Å². The fourth-order valence-electron chi connectivity index (χ4n) is 8.84. The quantitative estimate of drug-likeness (QED) is 0.170. The van der Waals surface area contributed by atoms with Gasteiger partial charge in [0.25, 0.3) is 0 Å². The minimum Gasteiger partial charge on any atom is -0.456 e. The van der Waals surface area contributed by atoms with Crippen LogP contribution in [0.1, 0.15) is 22.3 Å². The Balaban J connectivity index is 1.05. The van der Waals surface area contributed by atoms with Gasteiger partial charge in [-0.05, 0) is 181 Å². The maximum absolute atomic E-state index is 6.66. The third kappa shape index (κ3) is 5.68. The number of furan rings is 2. The van der Waals surface area contributed by atoms with Gasteiger partial charge in [0.1, 0.15) is 22.3 Å². The number of anilines is 6. The lowest BCUT2D eigenvalue weighted by Gasteiger charge is -2.26. The lowest BCUT2D eigenvalue weighted by atomic mass is 10.00. The number of nitrogens with zero attached hydrogens (tertiary/aromatic N) is 2. The SMILES string of the molecule is Cc1cccc(N(c2cccc(C)c2)c2ccc3cc4c(cc3c2)oc2ccc3oc5cc6cc(N(c7cccc(C)c7)c7cccc(C)c7)ccc6cc5c3c24)c1. The summed E-state index contributed by atoms with van der Waals surface area (Å²) in [6, 6.07) is 61.2. The summed E-state index contributed by atoms with van der Waals surface area (Å²) in [6.45, 7) is 8.57. The maximum Gasteiger partial charge on any atom is 0.136 e. The molecule has 278 valence electrons. The van der Waals surface area contributed by atoms with Crippen molar-refractivity contribution < 1.29 is 8.83 Å². The first-order valence-electron chi connectivity index (χ1n) is 19.9. The third-order valence-electron chi connectivity index (χ3n) is 11.5. The molecule has 0 saturated heterocycles. The molecule has 2 heterocycles. The van der Waals surface area contributed by atoms with Crippen molar-refractivity contribution in [3.63, 3.8) is 0 Å². The van der Waals surface area contributed by atoms with Crippen LogP contribution in [0.4, 0.5) is 34.1 Å². The van der Waals surface area contributed by atoms with Crippen LogP contribution in [0.5, 0.6) is 0 Å². The van der Waals surface area contributed by atoms with Crippen molar-refractivity contribution in [3.8, 4) is 0 Å². The standard InChI is InChI=1S/C54H40N2O2/c1-33-9-5-13-41(23-33)55(42-14-6-10-34(2)24-42)45-19-17-37-29-47-51(31-39(37)27-45)57-49-21-22-50-54(53(47)49)48-30-38-18-20-46(28-40(38)32-52(48)58-50)56(43-15-7-11-35(3)25-43)44-16-8-12-36(4)26-44/h5-32H,1-4H3. The Kier molecular flexibility index (Phi) is 7.70. The number of fused-ring (bicyclic) bond motifs is 9. The maximum atomic E-state index is 6.66. The lowest BCUT2D eigenvalue weighted by molar-refractivity contribution is 0.663. The number of aryl methyl sites for hydroxylation is 4. The minimum atomic E-state index is 0.851. The van der Waals surface area contributed by atoms with E-state index in [2.05, 4.69) is 195 Å². The number of rotatable bonds is 6. The molecule has 0 fully saturated rings. The highest BCUT2D eigenvalue weighted by atomic mass is 16.3. The van der Waals surface area contributed by atoms with Gasteiger partial charge >= 0.3 is 0 Å². The highest BCUT2D eigenvalue weighted by Crippen LogP contribution is 2.44. The second kappa shape index (κ2) is 13.1. The summed E-state index contributed by atoms with van der Waals surface area (Å²) >= 11 is 0. The van der Waals surface area contributed by atoms with Gasteiger partial charge in [0.05, 0.1) is 0 Å². The Bertz CT molecular complexity index is 3100. The average Bonchev–Trinajstić information content (AvgIpc) is 3.76. The average molecular weight is 749 g/mol. The molecule has 4 nitrogen and oxygen atoms in total. The molecule has 0 bridgehead atoms. The highest BCUT2D eigenvalue weighted by molar-refractivity contribution is 6.27. The van der Waals surface area contributed by atoms with E-state index in [4.69, 9.17) is 8.83 Å². The fourth-order valence-corrected chi connectivity index (χ4v) is 8.84. The van der Waals surface area contributed by atoms with Gasteiger partial charge in [0.15, 0.2) is 0 Å². The molecule has 0 aliphatic rings. The van der Waals surface area contributed by atoms with Crippen molar-refractivity contribution >= 4 is 99.5 Å². The topological polar surface area (TPSA) is 32.8 Å². The van der Waals surface area contributed by atoms with Gasteiger partial charge < -0.3 is 18.6 Å². The van der Waals surface area contributed by atoms with E-state index in [0.29, 0.717) is 0 Å². The zero-order chi connectivity index (χ0) is 39.1. The predicted octanol–water partition coefficient (Wildman–Crippen LogP) is 16.0. The summed E-state index contributed by atoms with van der Waals surface area (Å²) in [6.07, 6.45) is 0. The van der Waals surface area contributed by atoms with E-state index < -0.39 is 0 Å². The van der Waals surface area contributed by atoms with E-state index in [-0.39, 0.29) is 0 Å². The van der Waals surface area contributed by atoms with Gasteiger partial charge in [-0.1, -0.05) is 60.7 Å². The Morgan fingerprint density at radius 2 is 0.638 bits per heavy atom. The Labute approximate surface area is 336 Å². The molecule has 0 atom stereocenters. The molecular formula is C54H40N2O2. The molecule has 4 heteroatoms.